The van der Waals surface area contributed by atoms with Gasteiger partial charge in [-0.05, 0) is 43.4 Å². The molecule has 6 nitrogen and oxygen atoms in total. The average molecular weight is 575 g/mol. The van der Waals surface area contributed by atoms with Gasteiger partial charge in [-0.3, -0.25) is 9.48 Å². The summed E-state index contributed by atoms with van der Waals surface area (Å²) in [7, 11) is 0. The Hall–Kier alpha value is -3.45. The molecule has 1 aliphatic carbocycles. The number of esters is 1. The van der Waals surface area contributed by atoms with Crippen LogP contribution in [0.4, 0.5) is 0 Å². The van der Waals surface area contributed by atoms with Gasteiger partial charge in [0.25, 0.3) is 0 Å². The van der Waals surface area contributed by atoms with E-state index in [1.54, 1.807) is 6.92 Å². The Balaban J connectivity index is 1.71. The van der Waals surface area contributed by atoms with Crippen LogP contribution in [0.5, 0.6) is 0 Å². The number of allylic oxidation sites excluding steroid dienone is 3. The summed E-state index contributed by atoms with van der Waals surface area (Å²) >= 11 is 3.50. The number of rotatable bonds is 6. The van der Waals surface area contributed by atoms with E-state index in [1.165, 1.54) is 0 Å². The van der Waals surface area contributed by atoms with Crippen molar-refractivity contribution in [2.45, 2.75) is 53.0 Å². The van der Waals surface area contributed by atoms with Crippen molar-refractivity contribution in [1.29, 1.82) is 0 Å². The van der Waals surface area contributed by atoms with Crippen molar-refractivity contribution in [3.63, 3.8) is 0 Å². The Bertz CT molecular complexity index is 1450. The minimum Gasteiger partial charge on any atom is -0.463 e. The number of ketones is 1. The van der Waals surface area contributed by atoms with Gasteiger partial charge in [-0.25, -0.2) is 4.79 Å². The molecule has 2 aromatic carbocycles. The normalized spacial score (nSPS) is 18.8. The van der Waals surface area contributed by atoms with Gasteiger partial charge in [0.1, 0.15) is 0 Å². The molecule has 1 unspecified atom stereocenters. The standard InChI is InChI=1S/C31H32BrN3O3/c1-5-38-30(37)26-19(2)33-24-15-31(3,4)16-25(36)28(24)27(26)23-18-35(17-20-11-13-22(32)14-12-20)34-29(23)21-9-7-6-8-10-21/h6-14,18,27,33H,5,15-17H2,1-4H3. The summed E-state index contributed by atoms with van der Waals surface area (Å²) in [6.07, 6.45) is 3.14. The van der Waals surface area contributed by atoms with Gasteiger partial charge in [-0.1, -0.05) is 72.2 Å². The van der Waals surface area contributed by atoms with Crippen LogP contribution in [-0.4, -0.2) is 28.1 Å². The van der Waals surface area contributed by atoms with Gasteiger partial charge in [0, 0.05) is 45.2 Å². The topological polar surface area (TPSA) is 73.2 Å². The first-order chi connectivity index (χ1) is 18.2. The molecule has 1 aliphatic heterocycles. The Morgan fingerprint density at radius 3 is 2.53 bits per heavy atom. The highest BCUT2D eigenvalue weighted by Crippen LogP contribution is 2.48. The Kier molecular flexibility index (Phi) is 7.14. The maximum Gasteiger partial charge on any atom is 0.336 e. The van der Waals surface area contributed by atoms with Crippen LogP contribution in [0, 0.1) is 5.41 Å². The molecule has 38 heavy (non-hydrogen) atoms. The Labute approximate surface area is 231 Å². The zero-order valence-corrected chi connectivity index (χ0v) is 23.8. The number of benzene rings is 2. The Morgan fingerprint density at radius 1 is 1.13 bits per heavy atom. The van der Waals surface area contributed by atoms with E-state index in [0.29, 0.717) is 24.1 Å². The smallest absolute Gasteiger partial charge is 0.336 e. The first kappa shape index (κ1) is 26.2. The first-order valence-corrected chi connectivity index (χ1v) is 13.7. The summed E-state index contributed by atoms with van der Waals surface area (Å²) in [5, 5.41) is 8.42. The van der Waals surface area contributed by atoms with Gasteiger partial charge >= 0.3 is 5.97 Å². The molecule has 3 aromatic rings. The maximum absolute atomic E-state index is 13.7. The minimum absolute atomic E-state index is 0.0581. The predicted octanol–water partition coefficient (Wildman–Crippen LogP) is 6.53. The zero-order chi connectivity index (χ0) is 27.0. The highest BCUT2D eigenvalue weighted by Gasteiger charge is 2.44. The van der Waals surface area contributed by atoms with E-state index < -0.39 is 11.9 Å². The molecule has 1 atom stereocenters. The SMILES string of the molecule is CCOC(=O)C1=C(C)NC2=C(C(=O)CC(C)(C)C2)C1c1cn(Cc2ccc(Br)cc2)nc1-c1ccccc1. The molecule has 1 aromatic heterocycles. The maximum atomic E-state index is 13.7. The van der Waals surface area contributed by atoms with Crippen molar-refractivity contribution in [1.82, 2.24) is 15.1 Å². The van der Waals surface area contributed by atoms with Crippen LogP contribution in [0.3, 0.4) is 0 Å². The number of aromatic nitrogens is 2. The van der Waals surface area contributed by atoms with Gasteiger partial charge < -0.3 is 10.1 Å². The number of Topliss-reactive ketones (excluding diaryl/α,β-unsaturated/α-hetero) is 1. The van der Waals surface area contributed by atoms with E-state index in [2.05, 4.69) is 47.2 Å². The number of ether oxygens (including phenoxy) is 1. The highest BCUT2D eigenvalue weighted by molar-refractivity contribution is 9.10. The summed E-state index contributed by atoms with van der Waals surface area (Å²) in [6.45, 7) is 8.72. The average Bonchev–Trinajstić information content (AvgIpc) is 3.28. The van der Waals surface area contributed by atoms with Crippen LogP contribution in [0.25, 0.3) is 11.3 Å². The summed E-state index contributed by atoms with van der Waals surface area (Å²) in [5.41, 5.74) is 6.19. The molecular formula is C31H32BrN3O3. The molecule has 2 aliphatic rings. The molecule has 0 amide bonds. The summed E-state index contributed by atoms with van der Waals surface area (Å²) in [4.78, 5) is 27.1. The van der Waals surface area contributed by atoms with Crippen LogP contribution < -0.4 is 5.32 Å². The summed E-state index contributed by atoms with van der Waals surface area (Å²) in [6, 6.07) is 18.1. The lowest BCUT2D eigenvalue weighted by atomic mass is 9.68. The van der Waals surface area contributed by atoms with Gasteiger partial charge in [0.2, 0.25) is 0 Å². The zero-order valence-electron chi connectivity index (χ0n) is 22.2. The molecule has 7 heteroatoms. The lowest BCUT2D eigenvalue weighted by molar-refractivity contribution is -0.138. The van der Waals surface area contributed by atoms with Crippen LogP contribution in [0.1, 0.15) is 57.6 Å². The second kappa shape index (κ2) is 10.4. The van der Waals surface area contributed by atoms with Crippen molar-refractivity contribution in [2.75, 3.05) is 6.61 Å². The number of halogens is 1. The molecule has 0 spiro atoms. The fourth-order valence-corrected chi connectivity index (χ4v) is 5.82. The third-order valence-electron chi connectivity index (χ3n) is 7.14. The second-order valence-corrected chi connectivity index (χ2v) is 11.7. The molecule has 0 saturated carbocycles. The quantitative estimate of drug-likeness (QED) is 0.339. The monoisotopic (exact) mass is 573 g/mol. The first-order valence-electron chi connectivity index (χ1n) is 12.9. The van der Waals surface area contributed by atoms with E-state index in [4.69, 9.17) is 9.84 Å². The number of dihydropyridines is 1. The van der Waals surface area contributed by atoms with Crippen molar-refractivity contribution in [3.05, 3.63) is 98.9 Å². The molecule has 1 N–H and O–H groups in total. The molecule has 196 valence electrons. The Morgan fingerprint density at radius 2 is 1.84 bits per heavy atom. The van der Waals surface area contributed by atoms with E-state index in [9.17, 15) is 9.59 Å². The second-order valence-electron chi connectivity index (χ2n) is 10.8. The van der Waals surface area contributed by atoms with Crippen molar-refractivity contribution < 1.29 is 14.3 Å². The summed E-state index contributed by atoms with van der Waals surface area (Å²) < 4.78 is 8.43. The largest absolute Gasteiger partial charge is 0.463 e. The van der Waals surface area contributed by atoms with Crippen molar-refractivity contribution in [3.8, 4) is 11.3 Å². The molecule has 5 rings (SSSR count). The fraction of sp³-hybridized carbons (Fsp3) is 0.323. The van der Waals surface area contributed by atoms with Crippen LogP contribution in [-0.2, 0) is 20.9 Å². The van der Waals surface area contributed by atoms with Gasteiger partial charge in [-0.15, -0.1) is 0 Å². The summed E-state index contributed by atoms with van der Waals surface area (Å²) in [5.74, 6) is -0.920. The van der Waals surface area contributed by atoms with E-state index >= 15 is 0 Å². The molecule has 2 heterocycles. The molecular weight excluding hydrogens is 542 g/mol. The van der Waals surface area contributed by atoms with Gasteiger partial charge in [-0.2, -0.15) is 5.10 Å². The molecule has 0 saturated heterocycles. The molecule has 0 fully saturated rings. The number of hydrogen-bond acceptors (Lipinski definition) is 5. The van der Waals surface area contributed by atoms with E-state index in [1.807, 2.05) is 60.3 Å². The van der Waals surface area contributed by atoms with Crippen LogP contribution >= 0.6 is 15.9 Å². The third kappa shape index (κ3) is 5.12. The number of nitrogens with one attached hydrogen (secondary N) is 1. The van der Waals surface area contributed by atoms with Crippen LogP contribution in [0.2, 0.25) is 0 Å². The van der Waals surface area contributed by atoms with E-state index in [-0.39, 0.29) is 17.8 Å². The van der Waals surface area contributed by atoms with Crippen molar-refractivity contribution >= 4 is 27.7 Å². The van der Waals surface area contributed by atoms with Crippen LogP contribution in [0.15, 0.2) is 87.8 Å². The molecule has 0 radical (unpaired) electrons. The lowest BCUT2D eigenvalue weighted by Crippen LogP contribution is -2.38. The predicted molar refractivity (Wildman–Crippen MR) is 151 cm³/mol. The number of carbonyl (C=O) groups excluding carboxylic acids is 2. The molecule has 0 bridgehead atoms. The highest BCUT2D eigenvalue weighted by atomic mass is 79.9. The third-order valence-corrected chi connectivity index (χ3v) is 7.67. The number of hydrogen-bond donors (Lipinski definition) is 1. The number of carbonyl (C=O) groups is 2. The fourth-order valence-electron chi connectivity index (χ4n) is 5.55. The van der Waals surface area contributed by atoms with Gasteiger partial charge in [0.05, 0.1) is 30.3 Å². The van der Waals surface area contributed by atoms with E-state index in [0.717, 1.165) is 44.7 Å². The minimum atomic E-state index is -0.567. The lowest BCUT2D eigenvalue weighted by Gasteiger charge is -2.39. The van der Waals surface area contributed by atoms with Gasteiger partial charge in [0.15, 0.2) is 5.78 Å². The van der Waals surface area contributed by atoms with Crippen molar-refractivity contribution in [2.24, 2.45) is 5.41 Å². The number of nitrogens with zero attached hydrogens (tertiary/aromatic N) is 2.